The number of carbonyl (C=O) groups excluding carboxylic acids is 2. The maximum atomic E-state index is 14.5. The third kappa shape index (κ3) is 3.36. The smallest absolute Gasteiger partial charge is 0.276 e. The normalized spacial score (nSPS) is 15.6. The van der Waals surface area contributed by atoms with E-state index in [9.17, 15) is 14.0 Å². The zero-order valence-electron chi connectivity index (χ0n) is 14.5. The average molecular weight is 440 g/mol. The van der Waals surface area contributed by atoms with Gasteiger partial charge in [0.1, 0.15) is 5.82 Å². The van der Waals surface area contributed by atoms with Crippen molar-refractivity contribution in [3.05, 3.63) is 99.8 Å². The van der Waals surface area contributed by atoms with Crippen molar-refractivity contribution in [2.75, 3.05) is 5.32 Å². The number of hydrogen-bond donors (Lipinski definition) is 2. The summed E-state index contributed by atoms with van der Waals surface area (Å²) in [5.41, 5.74) is 4.22. The highest BCUT2D eigenvalue weighted by atomic mass is 79.9. The molecule has 4 rings (SSSR count). The summed E-state index contributed by atoms with van der Waals surface area (Å²) in [4.78, 5) is 25.8. The van der Waals surface area contributed by atoms with Gasteiger partial charge in [-0.3, -0.25) is 15.0 Å². The van der Waals surface area contributed by atoms with Crippen molar-refractivity contribution in [1.29, 1.82) is 0 Å². The number of para-hydroxylation sites is 1. The lowest BCUT2D eigenvalue weighted by molar-refractivity contribution is 0.0487. The number of fused-ring (bicyclic) bond motifs is 1. The first-order valence-corrected chi connectivity index (χ1v) is 9.34. The zero-order valence-corrected chi connectivity index (χ0v) is 16.1. The highest BCUT2D eigenvalue weighted by Crippen LogP contribution is 2.32. The molecular formula is C21H15BrFN3O2. The third-order valence-electron chi connectivity index (χ3n) is 4.45. The first-order valence-electron chi connectivity index (χ1n) is 8.55. The molecule has 2 N–H and O–H groups in total. The van der Waals surface area contributed by atoms with Crippen LogP contribution < -0.4 is 10.7 Å². The van der Waals surface area contributed by atoms with Gasteiger partial charge in [0.25, 0.3) is 11.8 Å². The predicted octanol–water partition coefficient (Wildman–Crippen LogP) is 4.50. The molecule has 5 nitrogen and oxygen atoms in total. The van der Waals surface area contributed by atoms with Crippen molar-refractivity contribution in [3.63, 3.8) is 0 Å². The average Bonchev–Trinajstić information content (AvgIpc) is 2.71. The van der Waals surface area contributed by atoms with Crippen LogP contribution in [0.25, 0.3) is 0 Å². The second-order valence-electron chi connectivity index (χ2n) is 6.24. The Morgan fingerprint density at radius 1 is 1.00 bits per heavy atom. The molecule has 1 aliphatic rings. The van der Waals surface area contributed by atoms with E-state index in [1.165, 1.54) is 6.07 Å². The summed E-state index contributed by atoms with van der Waals surface area (Å²) in [6.45, 7) is 0. The molecule has 3 aromatic carbocycles. The van der Waals surface area contributed by atoms with Gasteiger partial charge in [0.2, 0.25) is 0 Å². The first kappa shape index (κ1) is 18.2. The molecule has 3 aromatic rings. The van der Waals surface area contributed by atoms with Crippen LogP contribution in [-0.4, -0.2) is 16.8 Å². The molecule has 0 saturated heterocycles. The molecule has 0 bridgehead atoms. The van der Waals surface area contributed by atoms with Crippen LogP contribution in [0.15, 0.2) is 77.3 Å². The van der Waals surface area contributed by atoms with Crippen LogP contribution in [0.4, 0.5) is 10.1 Å². The molecule has 7 heteroatoms. The van der Waals surface area contributed by atoms with Gasteiger partial charge in [-0.1, -0.05) is 46.3 Å². The van der Waals surface area contributed by atoms with Crippen LogP contribution >= 0.6 is 15.9 Å². The highest BCUT2D eigenvalue weighted by molar-refractivity contribution is 9.10. The van der Waals surface area contributed by atoms with Gasteiger partial charge in [-0.15, -0.1) is 0 Å². The molecule has 0 radical (unpaired) electrons. The highest BCUT2D eigenvalue weighted by Gasteiger charge is 2.35. The topological polar surface area (TPSA) is 61.4 Å². The zero-order chi connectivity index (χ0) is 19.7. The minimum absolute atomic E-state index is 0.251. The Kier molecular flexibility index (Phi) is 4.83. The Hall–Kier alpha value is -3.19. The summed E-state index contributed by atoms with van der Waals surface area (Å²) in [6.07, 6.45) is -0.886. The van der Waals surface area contributed by atoms with Crippen molar-refractivity contribution in [3.8, 4) is 0 Å². The van der Waals surface area contributed by atoms with Crippen LogP contribution in [-0.2, 0) is 0 Å². The third-order valence-corrected chi connectivity index (χ3v) is 4.98. The quantitative estimate of drug-likeness (QED) is 0.631. The summed E-state index contributed by atoms with van der Waals surface area (Å²) >= 11 is 3.32. The van der Waals surface area contributed by atoms with E-state index >= 15 is 0 Å². The number of rotatable bonds is 3. The van der Waals surface area contributed by atoms with Crippen LogP contribution in [0.2, 0.25) is 0 Å². The second-order valence-corrected chi connectivity index (χ2v) is 7.15. The van der Waals surface area contributed by atoms with Crippen LogP contribution in [0.1, 0.15) is 32.4 Å². The molecule has 1 atom stereocenters. The standard InChI is InChI=1S/C21H15BrFN3O2/c22-14-11-9-13(10-12-14)20(27)25-26-19(15-5-1-3-7-17(15)23)24-18-8-4-2-6-16(18)21(26)28/h1-12,19,24H,(H,25,27). The molecule has 140 valence electrons. The molecule has 1 heterocycles. The molecule has 0 spiro atoms. The Labute approximate surface area is 169 Å². The molecule has 28 heavy (non-hydrogen) atoms. The summed E-state index contributed by atoms with van der Waals surface area (Å²) in [7, 11) is 0. The summed E-state index contributed by atoms with van der Waals surface area (Å²) in [6, 6.07) is 19.8. The Morgan fingerprint density at radius 3 is 2.43 bits per heavy atom. The minimum atomic E-state index is -0.886. The van der Waals surface area contributed by atoms with Crippen LogP contribution in [0.5, 0.6) is 0 Å². The van der Waals surface area contributed by atoms with Crippen LogP contribution in [0, 0.1) is 5.82 Å². The number of hydrogen-bond acceptors (Lipinski definition) is 3. The summed E-state index contributed by atoms with van der Waals surface area (Å²) < 4.78 is 15.3. The van der Waals surface area contributed by atoms with E-state index in [1.807, 2.05) is 0 Å². The molecular weight excluding hydrogens is 425 g/mol. The Bertz CT molecular complexity index is 1060. The monoisotopic (exact) mass is 439 g/mol. The number of benzene rings is 3. The number of amides is 2. The van der Waals surface area contributed by atoms with E-state index in [4.69, 9.17) is 0 Å². The van der Waals surface area contributed by atoms with E-state index in [0.717, 1.165) is 9.48 Å². The van der Waals surface area contributed by atoms with Gasteiger partial charge in [0.05, 0.1) is 5.56 Å². The van der Waals surface area contributed by atoms with Crippen molar-refractivity contribution >= 4 is 33.4 Å². The van der Waals surface area contributed by atoms with E-state index < -0.39 is 23.8 Å². The minimum Gasteiger partial charge on any atom is -0.359 e. The van der Waals surface area contributed by atoms with Crippen LogP contribution in [0.3, 0.4) is 0 Å². The summed E-state index contributed by atoms with van der Waals surface area (Å²) in [5, 5.41) is 4.27. The predicted molar refractivity (Wildman–Crippen MR) is 107 cm³/mol. The van der Waals surface area contributed by atoms with Gasteiger partial charge >= 0.3 is 0 Å². The van der Waals surface area contributed by atoms with Crippen molar-refractivity contribution in [1.82, 2.24) is 10.4 Å². The lowest BCUT2D eigenvalue weighted by atomic mass is 10.0. The Balaban J connectivity index is 1.72. The lowest BCUT2D eigenvalue weighted by Gasteiger charge is -2.37. The fraction of sp³-hybridized carbons (Fsp3) is 0.0476. The van der Waals surface area contributed by atoms with E-state index in [1.54, 1.807) is 66.7 Å². The fourth-order valence-electron chi connectivity index (χ4n) is 3.06. The number of hydrazine groups is 1. The molecule has 2 amide bonds. The molecule has 1 aliphatic heterocycles. The first-order chi connectivity index (χ1) is 13.5. The number of nitrogens with zero attached hydrogens (tertiary/aromatic N) is 1. The van der Waals surface area contributed by atoms with Crippen molar-refractivity contribution in [2.45, 2.75) is 6.17 Å². The van der Waals surface area contributed by atoms with E-state index in [-0.39, 0.29) is 5.56 Å². The van der Waals surface area contributed by atoms with Gasteiger partial charge in [-0.2, -0.15) is 0 Å². The van der Waals surface area contributed by atoms with Gasteiger partial charge in [0, 0.05) is 21.3 Å². The molecule has 0 saturated carbocycles. The molecule has 0 aromatic heterocycles. The Morgan fingerprint density at radius 2 is 1.68 bits per heavy atom. The maximum absolute atomic E-state index is 14.5. The second kappa shape index (κ2) is 7.44. The molecule has 0 aliphatic carbocycles. The van der Waals surface area contributed by atoms with Gasteiger partial charge in [-0.05, 0) is 42.5 Å². The van der Waals surface area contributed by atoms with Crippen molar-refractivity contribution in [2.24, 2.45) is 0 Å². The van der Waals surface area contributed by atoms with Gasteiger partial charge in [-0.25, -0.2) is 9.40 Å². The lowest BCUT2D eigenvalue weighted by Crippen LogP contribution is -2.53. The summed E-state index contributed by atoms with van der Waals surface area (Å²) in [5.74, 6) is -1.37. The number of halogens is 2. The fourth-order valence-corrected chi connectivity index (χ4v) is 3.32. The van der Waals surface area contributed by atoms with E-state index in [2.05, 4.69) is 26.7 Å². The van der Waals surface area contributed by atoms with Gasteiger partial charge in [0.15, 0.2) is 6.17 Å². The largest absolute Gasteiger partial charge is 0.359 e. The number of carbonyl (C=O) groups is 2. The number of anilines is 1. The maximum Gasteiger partial charge on any atom is 0.276 e. The SMILES string of the molecule is O=C(NN1C(=O)c2ccccc2NC1c1ccccc1F)c1ccc(Br)cc1. The van der Waals surface area contributed by atoms with Crippen molar-refractivity contribution < 1.29 is 14.0 Å². The molecule has 1 unspecified atom stereocenters. The van der Waals surface area contributed by atoms with Gasteiger partial charge < -0.3 is 5.32 Å². The number of nitrogens with one attached hydrogen (secondary N) is 2. The molecule has 0 fully saturated rings. The van der Waals surface area contributed by atoms with E-state index in [0.29, 0.717) is 16.8 Å².